The first-order chi connectivity index (χ1) is 11.1. The van der Waals surface area contributed by atoms with Crippen molar-refractivity contribution in [3.8, 4) is 11.3 Å². The number of carbonyl (C=O) groups excluding carboxylic acids is 1. The van der Waals surface area contributed by atoms with Crippen molar-refractivity contribution in [2.75, 3.05) is 5.32 Å². The standard InChI is InChI=1S/C18H15ClN2OS/c1-12-20-17(11-23-12)14-6-4-7-15(9-14)21-18(22)10-13-5-2-3-8-16(13)19/h2-9,11H,10H2,1H3,(H,21,22). The Kier molecular flexibility index (Phi) is 4.74. The number of hydrogen-bond acceptors (Lipinski definition) is 3. The van der Waals surface area contributed by atoms with E-state index in [1.165, 1.54) is 0 Å². The van der Waals surface area contributed by atoms with Gasteiger partial charge in [0.2, 0.25) is 5.91 Å². The topological polar surface area (TPSA) is 42.0 Å². The number of rotatable bonds is 4. The Morgan fingerprint density at radius 3 is 2.78 bits per heavy atom. The highest BCUT2D eigenvalue weighted by molar-refractivity contribution is 7.09. The summed E-state index contributed by atoms with van der Waals surface area (Å²) >= 11 is 7.70. The zero-order chi connectivity index (χ0) is 16.2. The number of halogens is 1. The van der Waals surface area contributed by atoms with Crippen LogP contribution in [0, 0.1) is 6.92 Å². The maximum atomic E-state index is 12.2. The summed E-state index contributed by atoms with van der Waals surface area (Å²) in [6.07, 6.45) is 0.250. The predicted molar refractivity (Wildman–Crippen MR) is 96.1 cm³/mol. The summed E-state index contributed by atoms with van der Waals surface area (Å²) in [6.45, 7) is 1.98. The highest BCUT2D eigenvalue weighted by Gasteiger charge is 2.08. The summed E-state index contributed by atoms with van der Waals surface area (Å²) < 4.78 is 0. The summed E-state index contributed by atoms with van der Waals surface area (Å²) in [5.74, 6) is -0.0929. The van der Waals surface area contributed by atoms with E-state index in [-0.39, 0.29) is 12.3 Å². The summed E-state index contributed by atoms with van der Waals surface area (Å²) in [5.41, 5.74) is 3.49. The molecule has 0 radical (unpaired) electrons. The number of anilines is 1. The lowest BCUT2D eigenvalue weighted by molar-refractivity contribution is -0.115. The first-order valence-corrected chi connectivity index (χ1v) is 8.43. The minimum Gasteiger partial charge on any atom is -0.326 e. The van der Waals surface area contributed by atoms with Gasteiger partial charge < -0.3 is 5.32 Å². The lowest BCUT2D eigenvalue weighted by Crippen LogP contribution is -2.14. The molecule has 0 bridgehead atoms. The van der Waals surface area contributed by atoms with Crippen molar-refractivity contribution >= 4 is 34.5 Å². The van der Waals surface area contributed by atoms with Crippen molar-refractivity contribution < 1.29 is 4.79 Å². The number of aryl methyl sites for hydroxylation is 1. The fourth-order valence-corrected chi connectivity index (χ4v) is 3.10. The molecule has 3 rings (SSSR count). The van der Waals surface area contributed by atoms with E-state index in [1.54, 1.807) is 17.4 Å². The van der Waals surface area contributed by atoms with Gasteiger partial charge in [0, 0.05) is 21.7 Å². The summed E-state index contributed by atoms with van der Waals surface area (Å²) in [7, 11) is 0. The maximum absolute atomic E-state index is 12.2. The van der Waals surface area contributed by atoms with E-state index in [0.29, 0.717) is 5.02 Å². The predicted octanol–water partition coefficient (Wildman–Crippen LogP) is 4.95. The second-order valence-electron chi connectivity index (χ2n) is 5.15. The molecule has 23 heavy (non-hydrogen) atoms. The van der Waals surface area contributed by atoms with Gasteiger partial charge in [0.1, 0.15) is 0 Å². The van der Waals surface area contributed by atoms with Gasteiger partial charge >= 0.3 is 0 Å². The lowest BCUT2D eigenvalue weighted by Gasteiger charge is -2.08. The molecule has 116 valence electrons. The molecule has 5 heteroatoms. The SMILES string of the molecule is Cc1nc(-c2cccc(NC(=O)Cc3ccccc3Cl)c2)cs1. The molecule has 1 amide bonds. The quantitative estimate of drug-likeness (QED) is 0.728. The molecule has 1 aromatic heterocycles. The van der Waals surface area contributed by atoms with Crippen LogP contribution >= 0.6 is 22.9 Å². The molecule has 0 aliphatic heterocycles. The monoisotopic (exact) mass is 342 g/mol. The van der Waals surface area contributed by atoms with Crippen LogP contribution in [0.25, 0.3) is 11.3 Å². The molecule has 3 nitrogen and oxygen atoms in total. The Bertz CT molecular complexity index is 844. The molecule has 0 fully saturated rings. The van der Waals surface area contributed by atoms with Crippen LogP contribution in [0.5, 0.6) is 0 Å². The van der Waals surface area contributed by atoms with E-state index in [4.69, 9.17) is 11.6 Å². The average Bonchev–Trinajstić information content (AvgIpc) is 2.96. The molecule has 0 aliphatic rings. The van der Waals surface area contributed by atoms with Gasteiger partial charge in [-0.3, -0.25) is 4.79 Å². The second-order valence-corrected chi connectivity index (χ2v) is 6.62. The molecule has 0 saturated carbocycles. The number of hydrogen-bond donors (Lipinski definition) is 1. The van der Waals surface area contributed by atoms with E-state index in [2.05, 4.69) is 10.3 Å². The second kappa shape index (κ2) is 6.94. The Balaban J connectivity index is 1.73. The molecule has 1 heterocycles. The largest absolute Gasteiger partial charge is 0.326 e. The number of thiazole rings is 1. The van der Waals surface area contributed by atoms with Crippen molar-refractivity contribution in [1.29, 1.82) is 0 Å². The van der Waals surface area contributed by atoms with E-state index >= 15 is 0 Å². The van der Waals surface area contributed by atoms with Gasteiger partial charge in [-0.1, -0.05) is 41.9 Å². The first kappa shape index (κ1) is 15.7. The van der Waals surface area contributed by atoms with Crippen molar-refractivity contribution in [2.45, 2.75) is 13.3 Å². The molecule has 0 atom stereocenters. The smallest absolute Gasteiger partial charge is 0.228 e. The fraction of sp³-hybridized carbons (Fsp3) is 0.111. The highest BCUT2D eigenvalue weighted by atomic mass is 35.5. The number of benzene rings is 2. The fourth-order valence-electron chi connectivity index (χ4n) is 2.27. The third-order valence-corrected chi connectivity index (χ3v) is 4.51. The number of aromatic nitrogens is 1. The summed E-state index contributed by atoms with van der Waals surface area (Å²) in [5, 5.41) is 6.55. The van der Waals surface area contributed by atoms with Crippen molar-refractivity contribution in [2.24, 2.45) is 0 Å². The van der Waals surface area contributed by atoms with Crippen LogP contribution in [0.2, 0.25) is 5.02 Å². The minimum absolute atomic E-state index is 0.0929. The van der Waals surface area contributed by atoms with Crippen LogP contribution in [-0.4, -0.2) is 10.9 Å². The van der Waals surface area contributed by atoms with Gasteiger partial charge in [-0.25, -0.2) is 4.98 Å². The van der Waals surface area contributed by atoms with E-state index in [9.17, 15) is 4.79 Å². The van der Waals surface area contributed by atoms with Gasteiger partial charge in [0.25, 0.3) is 0 Å². The van der Waals surface area contributed by atoms with Crippen LogP contribution in [-0.2, 0) is 11.2 Å². The van der Waals surface area contributed by atoms with Crippen LogP contribution < -0.4 is 5.32 Å². The Morgan fingerprint density at radius 1 is 1.22 bits per heavy atom. The molecule has 1 N–H and O–H groups in total. The highest BCUT2D eigenvalue weighted by Crippen LogP contribution is 2.24. The third kappa shape index (κ3) is 3.97. The molecule has 3 aromatic rings. The summed E-state index contributed by atoms with van der Waals surface area (Å²) in [6, 6.07) is 15.1. The van der Waals surface area contributed by atoms with Crippen molar-refractivity contribution in [3.63, 3.8) is 0 Å². The maximum Gasteiger partial charge on any atom is 0.228 e. The number of nitrogens with one attached hydrogen (secondary N) is 1. The van der Waals surface area contributed by atoms with Crippen molar-refractivity contribution in [3.05, 3.63) is 69.5 Å². The van der Waals surface area contributed by atoms with Crippen LogP contribution in [0.4, 0.5) is 5.69 Å². The lowest BCUT2D eigenvalue weighted by atomic mass is 10.1. The van der Waals surface area contributed by atoms with Crippen LogP contribution in [0.3, 0.4) is 0 Å². The Labute approximate surface area is 144 Å². The van der Waals surface area contributed by atoms with E-state index in [0.717, 1.165) is 27.5 Å². The first-order valence-electron chi connectivity index (χ1n) is 7.17. The van der Waals surface area contributed by atoms with E-state index < -0.39 is 0 Å². The van der Waals surface area contributed by atoms with Crippen LogP contribution in [0.1, 0.15) is 10.6 Å². The van der Waals surface area contributed by atoms with Gasteiger partial charge in [-0.15, -0.1) is 11.3 Å². The molecule has 0 aliphatic carbocycles. The molecule has 0 unspecified atom stereocenters. The van der Waals surface area contributed by atoms with Gasteiger partial charge in [-0.05, 0) is 30.7 Å². The zero-order valence-corrected chi connectivity index (χ0v) is 14.1. The summed E-state index contributed by atoms with van der Waals surface area (Å²) in [4.78, 5) is 16.7. The molecule has 0 saturated heterocycles. The van der Waals surface area contributed by atoms with Crippen molar-refractivity contribution in [1.82, 2.24) is 4.98 Å². The Hall–Kier alpha value is -2.17. The third-order valence-electron chi connectivity index (χ3n) is 3.37. The zero-order valence-electron chi connectivity index (χ0n) is 12.5. The van der Waals surface area contributed by atoms with Crippen LogP contribution in [0.15, 0.2) is 53.9 Å². The van der Waals surface area contributed by atoms with Gasteiger partial charge in [0.15, 0.2) is 0 Å². The molecule has 2 aromatic carbocycles. The average molecular weight is 343 g/mol. The minimum atomic E-state index is -0.0929. The van der Waals surface area contributed by atoms with E-state index in [1.807, 2.05) is 54.8 Å². The number of carbonyl (C=O) groups is 1. The number of nitrogens with zero attached hydrogens (tertiary/aromatic N) is 1. The van der Waals surface area contributed by atoms with Gasteiger partial charge in [0.05, 0.1) is 17.1 Å². The molecule has 0 spiro atoms. The molecular formula is C18H15ClN2OS. The molecular weight excluding hydrogens is 328 g/mol. The normalized spacial score (nSPS) is 10.5. The Morgan fingerprint density at radius 2 is 2.04 bits per heavy atom. The number of amides is 1. The van der Waals surface area contributed by atoms with Gasteiger partial charge in [-0.2, -0.15) is 0 Å².